The summed E-state index contributed by atoms with van der Waals surface area (Å²) in [6.07, 6.45) is 4.49. The molecule has 0 aliphatic heterocycles. The third-order valence-electron chi connectivity index (χ3n) is 17.4. The second-order valence-corrected chi connectivity index (χ2v) is 41.4. The molecule has 0 radical (unpaired) electrons. The number of aromatic nitrogens is 10. The third kappa shape index (κ3) is 53.2. The first kappa shape index (κ1) is 115. The number of rotatable bonds is 21. The predicted octanol–water partition coefficient (Wildman–Crippen LogP) is 23.5. The minimum absolute atomic E-state index is 0.0197. The number of aryl methyl sites for hydroxylation is 3. The van der Waals surface area contributed by atoms with Gasteiger partial charge >= 0.3 is 6.15 Å². The number of methoxy groups -OCH3 is 1. The Morgan fingerprint density at radius 2 is 1.03 bits per heavy atom. The summed E-state index contributed by atoms with van der Waals surface area (Å²) in [4.78, 5) is 20.8. The first-order valence-electron chi connectivity index (χ1n) is 43.0. The van der Waals surface area contributed by atoms with E-state index in [0.29, 0.717) is 62.5 Å². The molecule has 0 saturated carbocycles. The zero-order chi connectivity index (χ0) is 94.7. The van der Waals surface area contributed by atoms with Crippen LogP contribution < -0.4 is 10.1 Å². The summed E-state index contributed by atoms with van der Waals surface area (Å²) in [7, 11) is 1.56. The van der Waals surface area contributed by atoms with Gasteiger partial charge in [0.1, 0.15) is 35.5 Å². The minimum atomic E-state index is -0.515. The number of fused-ring (bicyclic) bond motifs is 1. The molecule has 0 aliphatic carbocycles. The largest absolute Gasteiger partial charge is 0.485 e. The average molecular weight is 1770 g/mol. The van der Waals surface area contributed by atoms with Gasteiger partial charge in [-0.3, -0.25) is 0 Å². The fourth-order valence-electron chi connectivity index (χ4n) is 10.3. The molecule has 5 aromatic carbocycles. The maximum absolute atomic E-state index is 13.8. The molecule has 9 rings (SSSR count). The lowest BCUT2D eigenvalue weighted by Gasteiger charge is -2.22. The normalized spacial score (nSPS) is 12.1. The summed E-state index contributed by atoms with van der Waals surface area (Å²) < 4.78 is 47.0. The SMILES string of the molecule is C=CCOC(C)(C)C.CC(C)(C)C.CC(C)(C)OCC(O)CNCc1ccccc1.CCC(C)(C)C.CCc1ccc(-n2nnc(C(C)(C)C)c2C)cc1.CCc1ccc(C(C)(C)C)cc1.COCC(O)COC(C)(C)C.Cc1c(C(C)(C)C)nnn1Cc1ccc(Br)cc1F.Cc1ccc2cccc(OCc3nnn(CC(C)(C)C)c3C)c2n1.O=C=O. The highest BCUT2D eigenvalue weighted by atomic mass is 79.9. The molecule has 0 amide bonds. The van der Waals surface area contributed by atoms with E-state index in [2.05, 4.69) is 290 Å². The monoisotopic (exact) mass is 1770 g/mol. The lowest BCUT2D eigenvalue weighted by molar-refractivity contribution is -0.191. The number of aliphatic hydroxyl groups excluding tert-OH is 2. The van der Waals surface area contributed by atoms with Crippen LogP contribution >= 0.6 is 15.9 Å². The summed E-state index contributed by atoms with van der Waals surface area (Å²) in [5.74, 6) is 0.544. The van der Waals surface area contributed by atoms with Gasteiger partial charge in [0.2, 0.25) is 0 Å². The lowest BCUT2D eigenvalue weighted by atomic mass is 9.86. The van der Waals surface area contributed by atoms with Gasteiger partial charge < -0.3 is 39.2 Å². The molecular formula is C101H161BrFN11O9. The maximum atomic E-state index is 13.8. The summed E-state index contributed by atoms with van der Waals surface area (Å²) in [5.41, 5.74) is 16.0. The van der Waals surface area contributed by atoms with Crippen molar-refractivity contribution in [2.45, 2.75) is 333 Å². The second-order valence-electron chi connectivity index (χ2n) is 40.5. The number of nitrogens with one attached hydrogen (secondary N) is 1. The van der Waals surface area contributed by atoms with Crippen LogP contribution in [0.2, 0.25) is 0 Å². The van der Waals surface area contributed by atoms with E-state index in [4.69, 9.17) is 38.4 Å². The van der Waals surface area contributed by atoms with Crippen LogP contribution in [0.25, 0.3) is 16.6 Å². The Bertz CT molecular complexity index is 4410. The number of ether oxygens (including phenoxy) is 5. The van der Waals surface area contributed by atoms with Crippen molar-refractivity contribution in [2.24, 2.45) is 16.2 Å². The molecular weight excluding hydrogens is 1610 g/mol. The van der Waals surface area contributed by atoms with E-state index in [1.807, 2.05) is 141 Å². The van der Waals surface area contributed by atoms with Gasteiger partial charge in [0.25, 0.3) is 0 Å². The number of aliphatic hydroxyl groups is 2. The molecule has 0 fully saturated rings. The molecule has 22 heteroatoms. The Hall–Kier alpha value is -8.02. The van der Waals surface area contributed by atoms with Crippen LogP contribution in [0, 0.1) is 49.8 Å². The van der Waals surface area contributed by atoms with E-state index in [1.54, 1.807) is 23.9 Å². The van der Waals surface area contributed by atoms with Gasteiger partial charge in [-0.15, -0.1) is 21.9 Å². The molecule has 4 heterocycles. The molecule has 4 aromatic heterocycles. The number of pyridine rings is 1. The molecule has 3 N–H and O–H groups in total. The molecule has 2 atom stereocenters. The lowest BCUT2D eigenvalue weighted by Crippen LogP contribution is -2.33. The van der Waals surface area contributed by atoms with E-state index in [0.717, 1.165) is 92.6 Å². The predicted molar refractivity (Wildman–Crippen MR) is 510 cm³/mol. The maximum Gasteiger partial charge on any atom is 0.373 e. The number of hydrogen-bond acceptors (Lipinski definition) is 17. The summed E-state index contributed by atoms with van der Waals surface area (Å²) >= 11 is 3.25. The highest BCUT2D eigenvalue weighted by Crippen LogP contribution is 2.29. The highest BCUT2D eigenvalue weighted by Gasteiger charge is 2.25. The van der Waals surface area contributed by atoms with Crippen molar-refractivity contribution in [2.75, 3.05) is 40.1 Å². The molecule has 20 nitrogen and oxygen atoms in total. The standard InChI is InChI=1S/C19H24N4O.C15H21N3.C14H17BrFN3.C14H23NO2.C12H18.C8H18O3.C7H14O.C6H14.C5H12.CO2/c1-13-9-10-15-7-6-8-17(18(15)20-13)24-11-16-14(2)23(22-21-16)12-19(3,4)5;1-6-12-7-9-13(10-8-12)18-11(2)14(16-17-18)15(3,4)5;1-9-13(14(2,3)4)17-18-19(9)8-10-5-6-11(15)7-12(10)16;1-14(2,3)17-11-13(16)10-15-9-12-7-5-4-6-8-12;1-5-10-6-8-11(9-7-10)12(2,3)4;1-8(2,3)11-6-7(9)5-10-4;1-5-6-8-7(2,3)4;1-5-6(2,3)4;1-5(2,3)4;2-1-3/h6-10H,11-12H2,1-5H3;7-10H,6H2,1-5H3;5-7H,8H2,1-4H3;4-8,13,15-16H,9-11H2,1-3H3;6-9H,5H2,1-4H3;7,9H,5-6H2,1-4H3;5H,1,6H2,2-4H3;5H2,1-4H3;1-4H3;. The Morgan fingerprint density at radius 3 is 1.46 bits per heavy atom. The third-order valence-corrected chi connectivity index (χ3v) is 17.9. The van der Waals surface area contributed by atoms with E-state index >= 15 is 0 Å². The minimum Gasteiger partial charge on any atom is -0.485 e. The van der Waals surface area contributed by atoms with Gasteiger partial charge in [-0.05, 0) is 183 Å². The zero-order valence-electron chi connectivity index (χ0n) is 82.5. The summed E-state index contributed by atoms with van der Waals surface area (Å²) in [6, 6.07) is 42.7. The van der Waals surface area contributed by atoms with Crippen molar-refractivity contribution in [3.05, 3.63) is 218 Å². The van der Waals surface area contributed by atoms with Crippen LogP contribution in [0.4, 0.5) is 4.39 Å². The number of hydrogen-bond donors (Lipinski definition) is 3. The van der Waals surface area contributed by atoms with Gasteiger partial charge in [-0.25, -0.2) is 23.4 Å². The van der Waals surface area contributed by atoms with Crippen molar-refractivity contribution in [1.82, 2.24) is 55.3 Å². The zero-order valence-corrected chi connectivity index (χ0v) is 84.1. The van der Waals surface area contributed by atoms with Crippen molar-refractivity contribution >= 4 is 33.0 Å². The highest BCUT2D eigenvalue weighted by molar-refractivity contribution is 9.10. The Kier molecular flexibility index (Phi) is 51.2. The summed E-state index contributed by atoms with van der Waals surface area (Å²) in [6.45, 7) is 82.2. The van der Waals surface area contributed by atoms with Gasteiger partial charge in [-0.1, -0.05) is 287 Å². The van der Waals surface area contributed by atoms with Crippen LogP contribution in [0.3, 0.4) is 0 Å². The number of para-hydroxylation sites is 1. The van der Waals surface area contributed by atoms with Crippen molar-refractivity contribution < 1.29 is 47.9 Å². The topological polar surface area (TPSA) is 238 Å². The van der Waals surface area contributed by atoms with Gasteiger partial charge in [-0.2, -0.15) is 9.59 Å². The van der Waals surface area contributed by atoms with Crippen LogP contribution in [0.5, 0.6) is 5.75 Å². The van der Waals surface area contributed by atoms with Crippen LogP contribution in [-0.4, -0.2) is 135 Å². The van der Waals surface area contributed by atoms with Gasteiger partial charge in [0, 0.05) is 58.7 Å². The number of benzene rings is 5. The van der Waals surface area contributed by atoms with Crippen LogP contribution in [0.15, 0.2) is 145 Å². The molecule has 0 saturated heterocycles. The number of halogens is 2. The van der Waals surface area contributed by atoms with Crippen LogP contribution in [0.1, 0.15) is 289 Å². The quantitative estimate of drug-likeness (QED) is 0.0567. The van der Waals surface area contributed by atoms with Gasteiger partial charge in [0.15, 0.2) is 0 Å². The molecule has 123 heavy (non-hydrogen) atoms. The van der Waals surface area contributed by atoms with Crippen molar-refractivity contribution in [3.63, 3.8) is 0 Å². The molecule has 0 aliphatic rings. The second kappa shape index (κ2) is 54.8. The van der Waals surface area contributed by atoms with E-state index in [9.17, 15) is 9.50 Å². The first-order chi connectivity index (χ1) is 56.5. The Balaban J connectivity index is 0.00000140. The summed E-state index contributed by atoms with van der Waals surface area (Å²) in [5, 5.41) is 48.6. The molecule has 688 valence electrons. The van der Waals surface area contributed by atoms with Crippen molar-refractivity contribution in [1.29, 1.82) is 0 Å². The van der Waals surface area contributed by atoms with Crippen LogP contribution in [-0.2, 0) is 83.9 Å². The molecule has 0 bridgehead atoms. The Labute approximate surface area is 750 Å². The van der Waals surface area contributed by atoms with E-state index < -0.39 is 12.2 Å². The molecule has 2 unspecified atom stereocenters. The number of carbonyl (C=O) groups excluding carboxylic acids is 2. The van der Waals surface area contributed by atoms with Crippen molar-refractivity contribution in [3.8, 4) is 11.4 Å². The van der Waals surface area contributed by atoms with E-state index in [1.165, 1.54) is 34.7 Å². The fourth-order valence-corrected chi connectivity index (χ4v) is 10.6. The average Bonchev–Trinajstić information content (AvgIpc) is 1.64. The van der Waals surface area contributed by atoms with E-state index in [-0.39, 0.29) is 50.4 Å². The fraction of sp³-hybridized carbons (Fsp3) is 0.584. The van der Waals surface area contributed by atoms with Gasteiger partial charge in [0.05, 0.1) is 90.0 Å². The smallest absolute Gasteiger partial charge is 0.373 e. The number of nitrogens with zero attached hydrogens (tertiary/aromatic N) is 10. The molecule has 0 spiro atoms. The Morgan fingerprint density at radius 1 is 0.545 bits per heavy atom. The molecule has 9 aromatic rings. The first-order valence-corrected chi connectivity index (χ1v) is 43.8.